The molecule has 0 spiro atoms. The third-order valence-electron chi connectivity index (χ3n) is 6.57. The number of fused-ring (bicyclic) bond motifs is 1. The van der Waals surface area contributed by atoms with Gasteiger partial charge in [0.1, 0.15) is 5.56 Å². The topological polar surface area (TPSA) is 126 Å². The van der Waals surface area contributed by atoms with E-state index < -0.39 is 17.1 Å². The Bertz CT molecular complexity index is 1650. The van der Waals surface area contributed by atoms with Gasteiger partial charge in [-0.25, -0.2) is 9.79 Å². The number of benzene rings is 2. The smallest absolute Gasteiger partial charge is 0.331 e. The fraction of sp³-hybridized carbons (Fsp3) is 0.286. The Morgan fingerprint density at radius 2 is 1.84 bits per heavy atom. The summed E-state index contributed by atoms with van der Waals surface area (Å²) in [5.41, 5.74) is 0.694. The van der Waals surface area contributed by atoms with Crippen molar-refractivity contribution in [2.45, 2.75) is 26.3 Å². The van der Waals surface area contributed by atoms with Gasteiger partial charge in [-0.2, -0.15) is 0 Å². The van der Waals surface area contributed by atoms with Crippen molar-refractivity contribution in [1.29, 1.82) is 0 Å². The molecule has 3 aromatic rings. The summed E-state index contributed by atoms with van der Waals surface area (Å²) < 4.78 is 11.7. The van der Waals surface area contributed by atoms with Crippen LogP contribution < -0.4 is 31.3 Å². The van der Waals surface area contributed by atoms with Crippen molar-refractivity contribution in [3.8, 4) is 17.4 Å². The average molecular weight is 519 g/mol. The first-order valence-electron chi connectivity index (χ1n) is 12.1. The number of aromatic nitrogens is 2. The predicted molar refractivity (Wildman–Crippen MR) is 143 cm³/mol. The molecule has 38 heavy (non-hydrogen) atoms. The van der Waals surface area contributed by atoms with Gasteiger partial charge in [0.2, 0.25) is 11.8 Å². The van der Waals surface area contributed by atoms with Crippen LogP contribution in [0.2, 0.25) is 0 Å². The average Bonchev–Trinajstić information content (AvgIpc) is 3.26. The number of carbonyl (C=O) groups is 1. The molecule has 1 aromatic heterocycles. The van der Waals surface area contributed by atoms with Gasteiger partial charge in [-0.1, -0.05) is 24.3 Å². The summed E-state index contributed by atoms with van der Waals surface area (Å²) in [4.78, 5) is 45.6. The number of ether oxygens (including phenoxy) is 2. The molecule has 0 aliphatic carbocycles. The second-order valence-corrected chi connectivity index (χ2v) is 8.92. The molecule has 2 heterocycles. The normalized spacial score (nSPS) is 13.3. The number of hydrogen-bond donors (Lipinski definition) is 2. The third-order valence-corrected chi connectivity index (χ3v) is 6.57. The van der Waals surface area contributed by atoms with Crippen molar-refractivity contribution in [2.24, 2.45) is 4.99 Å². The van der Waals surface area contributed by atoms with Gasteiger partial charge in [0.25, 0.3) is 5.56 Å². The van der Waals surface area contributed by atoms with E-state index in [1.807, 2.05) is 30.3 Å². The first kappa shape index (κ1) is 26.5. The summed E-state index contributed by atoms with van der Waals surface area (Å²) in [6, 6.07) is 12.9. The highest BCUT2D eigenvalue weighted by Gasteiger charge is 2.19. The molecule has 0 radical (unpaired) electrons. The Balaban J connectivity index is 1.70. The van der Waals surface area contributed by atoms with Crippen LogP contribution in [0.3, 0.4) is 0 Å². The number of nitrogens with zero attached hydrogens (tertiary/aromatic N) is 3. The maximum absolute atomic E-state index is 12.8. The molecule has 0 atom stereocenters. The number of nitrogens with one attached hydrogen (secondary N) is 1. The van der Waals surface area contributed by atoms with Crippen LogP contribution in [0.4, 0.5) is 0 Å². The number of methoxy groups -OCH3 is 2. The Hall–Kier alpha value is -4.60. The van der Waals surface area contributed by atoms with Gasteiger partial charge in [0, 0.05) is 32.3 Å². The second-order valence-electron chi connectivity index (χ2n) is 8.92. The van der Waals surface area contributed by atoms with Crippen molar-refractivity contribution < 1.29 is 19.4 Å². The molecule has 10 heteroatoms. The molecular weight excluding hydrogens is 488 g/mol. The summed E-state index contributed by atoms with van der Waals surface area (Å²) in [6.07, 6.45) is 2.38. The molecule has 198 valence electrons. The molecule has 0 saturated carbocycles. The molecule has 0 fully saturated rings. The van der Waals surface area contributed by atoms with Gasteiger partial charge >= 0.3 is 5.69 Å². The zero-order chi connectivity index (χ0) is 27.4. The van der Waals surface area contributed by atoms with E-state index in [0.29, 0.717) is 36.6 Å². The first-order chi connectivity index (χ1) is 18.2. The number of H-pyrrole nitrogens is 1. The van der Waals surface area contributed by atoms with Gasteiger partial charge in [-0.15, -0.1) is 0 Å². The number of carbonyl (C=O) groups excluding carboxylic acids is 1. The van der Waals surface area contributed by atoms with Gasteiger partial charge < -0.3 is 19.5 Å². The lowest BCUT2D eigenvalue weighted by Crippen LogP contribution is -2.32. The zero-order valence-corrected chi connectivity index (χ0v) is 21.8. The minimum absolute atomic E-state index is 0.0602. The standard InChI is InChI=1S/C28H30N4O6/c1-17(33)31(2)13-12-20-19-7-5-6-8-22(19)29-23(20)16-21-26(34)30-28(36)32(27(21)35)14-11-18-9-10-24(37-3)25(15-18)38-4/h5-10,15-16,35H,11-14H2,1-4H3,(H,30,34,36)/b23-16-. The Labute approximate surface area is 218 Å². The van der Waals surface area contributed by atoms with Crippen molar-refractivity contribution >= 4 is 17.6 Å². The highest BCUT2D eigenvalue weighted by Crippen LogP contribution is 2.28. The van der Waals surface area contributed by atoms with Crippen molar-refractivity contribution in [1.82, 2.24) is 14.5 Å². The third kappa shape index (κ3) is 5.39. The lowest BCUT2D eigenvalue weighted by molar-refractivity contribution is -0.127. The summed E-state index contributed by atoms with van der Waals surface area (Å²) in [5.74, 6) is 0.625. The van der Waals surface area contributed by atoms with Gasteiger partial charge in [-0.05, 0) is 48.3 Å². The maximum atomic E-state index is 12.8. The lowest BCUT2D eigenvalue weighted by Gasteiger charge is -2.15. The highest BCUT2D eigenvalue weighted by atomic mass is 16.5. The molecule has 1 aliphatic heterocycles. The molecule has 0 unspecified atom stereocenters. The number of amides is 1. The van der Waals surface area contributed by atoms with Crippen molar-refractivity contribution in [3.63, 3.8) is 0 Å². The Morgan fingerprint density at radius 1 is 1.11 bits per heavy atom. The van der Waals surface area contributed by atoms with E-state index in [1.165, 1.54) is 20.1 Å². The quantitative estimate of drug-likeness (QED) is 0.438. The number of aryl methyl sites for hydroxylation is 1. The minimum atomic E-state index is -0.714. The van der Waals surface area contributed by atoms with Crippen LogP contribution in [0.15, 0.2) is 62.7 Å². The van der Waals surface area contributed by atoms with Gasteiger partial charge in [0.15, 0.2) is 11.5 Å². The molecule has 2 N–H and O–H groups in total. The molecule has 2 aromatic carbocycles. The van der Waals surface area contributed by atoms with E-state index in [0.717, 1.165) is 26.3 Å². The number of hydrogen-bond acceptors (Lipinski definition) is 7. The number of para-hydroxylation sites is 1. The fourth-order valence-corrected chi connectivity index (χ4v) is 4.31. The van der Waals surface area contributed by atoms with Crippen LogP contribution in [-0.4, -0.2) is 53.3 Å². The van der Waals surface area contributed by atoms with Crippen LogP contribution in [0.25, 0.3) is 11.6 Å². The highest BCUT2D eigenvalue weighted by molar-refractivity contribution is 5.77. The first-order valence-corrected chi connectivity index (χ1v) is 12.1. The van der Waals surface area contributed by atoms with Crippen molar-refractivity contribution in [3.05, 3.63) is 90.7 Å². The van der Waals surface area contributed by atoms with E-state index in [2.05, 4.69) is 9.98 Å². The number of allylic oxidation sites excluding steroid dienone is 1. The van der Waals surface area contributed by atoms with E-state index in [9.17, 15) is 19.5 Å². The van der Waals surface area contributed by atoms with Crippen LogP contribution in [0.5, 0.6) is 17.4 Å². The summed E-state index contributed by atoms with van der Waals surface area (Å²) in [7, 11) is 4.80. The van der Waals surface area contributed by atoms with Crippen LogP contribution in [-0.2, 0) is 17.8 Å². The van der Waals surface area contributed by atoms with Crippen molar-refractivity contribution in [2.75, 3.05) is 27.8 Å². The number of aromatic amines is 1. The van der Waals surface area contributed by atoms with E-state index >= 15 is 0 Å². The maximum Gasteiger partial charge on any atom is 0.331 e. The number of aromatic hydroxyl groups is 1. The van der Waals surface area contributed by atoms with Crippen LogP contribution in [0, 0.1) is 0 Å². The molecule has 1 aliphatic rings. The zero-order valence-electron chi connectivity index (χ0n) is 21.8. The molecule has 10 nitrogen and oxygen atoms in total. The molecular formula is C28H30N4O6. The fourth-order valence-electron chi connectivity index (χ4n) is 4.31. The minimum Gasteiger partial charge on any atom is -0.494 e. The molecule has 0 saturated heterocycles. The summed E-state index contributed by atoms with van der Waals surface area (Å²) >= 11 is 0. The summed E-state index contributed by atoms with van der Waals surface area (Å²) in [6.45, 7) is 2.07. The SMILES string of the molecule is COc1ccc(CCn2c(O)c(/C=C3\N=c4ccccc4=C3CCN(C)C(C)=O)c(=O)[nH]c2=O)cc1OC. The second kappa shape index (κ2) is 11.2. The molecule has 0 bridgehead atoms. The monoisotopic (exact) mass is 518 g/mol. The Kier molecular flexibility index (Phi) is 7.80. The van der Waals surface area contributed by atoms with E-state index in [4.69, 9.17) is 9.47 Å². The van der Waals surface area contributed by atoms with E-state index in [-0.39, 0.29) is 18.0 Å². The lowest BCUT2D eigenvalue weighted by atomic mass is 10.1. The molecule has 1 amide bonds. The van der Waals surface area contributed by atoms with E-state index in [1.54, 1.807) is 31.2 Å². The summed E-state index contributed by atoms with van der Waals surface area (Å²) in [5, 5.41) is 12.6. The number of rotatable bonds is 9. The van der Waals surface area contributed by atoms with Gasteiger partial charge in [-0.3, -0.25) is 19.1 Å². The van der Waals surface area contributed by atoms with Gasteiger partial charge in [0.05, 0.1) is 25.3 Å². The van der Waals surface area contributed by atoms with Crippen LogP contribution >= 0.6 is 0 Å². The Morgan fingerprint density at radius 3 is 2.55 bits per heavy atom. The van der Waals surface area contributed by atoms with Crippen LogP contribution in [0.1, 0.15) is 24.5 Å². The largest absolute Gasteiger partial charge is 0.494 e. The molecule has 4 rings (SSSR count). The predicted octanol–water partition coefficient (Wildman–Crippen LogP) is 1.20.